The van der Waals surface area contributed by atoms with Crippen molar-refractivity contribution in [3.63, 3.8) is 0 Å². The van der Waals surface area contributed by atoms with Gasteiger partial charge in [0.15, 0.2) is 0 Å². The zero-order valence-corrected chi connectivity index (χ0v) is 8.23. The van der Waals surface area contributed by atoms with Gasteiger partial charge in [-0.3, -0.25) is 0 Å². The van der Waals surface area contributed by atoms with Crippen molar-refractivity contribution < 1.29 is 19.8 Å². The molecule has 0 aliphatic heterocycles. The van der Waals surface area contributed by atoms with Crippen LogP contribution in [0.5, 0.6) is 0 Å². The molecule has 1 heteroatoms. The van der Waals surface area contributed by atoms with Crippen molar-refractivity contribution in [3.8, 4) is 0 Å². The Kier molecular flexibility index (Phi) is 5.00. The molecule has 0 atom stereocenters. The summed E-state index contributed by atoms with van der Waals surface area (Å²) >= 11 is 0. The van der Waals surface area contributed by atoms with Crippen molar-refractivity contribution in [2.75, 3.05) is 0 Å². The molecule has 0 nitrogen and oxygen atoms in total. The second-order valence-corrected chi connectivity index (χ2v) is 2.32. The van der Waals surface area contributed by atoms with Crippen LogP contribution in [0.15, 0.2) is 61.1 Å². The van der Waals surface area contributed by atoms with E-state index in [-0.39, 0.29) is 23.6 Å². The molecule has 0 aromatic heterocycles. The van der Waals surface area contributed by atoms with Crippen LogP contribution in [-0.4, -0.2) is 0 Å². The standard InChI is InChI=1S/C7H7.C5H5.Fe/c1-2-7-5-3-4-6-7;1-2-4-5-3-1;/h2-6H,1H2;1-5H;/q2*-1;+2/i1D2;;. The average molecular weight is 214 g/mol. The van der Waals surface area contributed by atoms with Gasteiger partial charge in [0.25, 0.3) is 0 Å². The van der Waals surface area contributed by atoms with Gasteiger partial charge >= 0.3 is 17.1 Å². The van der Waals surface area contributed by atoms with E-state index in [2.05, 4.69) is 0 Å². The molecule has 2 rings (SSSR count). The Balaban J connectivity index is 0.000000280. The molecule has 0 aliphatic rings. The summed E-state index contributed by atoms with van der Waals surface area (Å²) in [4.78, 5) is 0. The van der Waals surface area contributed by atoms with Crippen molar-refractivity contribution in [1.29, 1.82) is 0 Å². The zero-order valence-electron chi connectivity index (χ0n) is 9.13. The van der Waals surface area contributed by atoms with Crippen LogP contribution < -0.4 is 0 Å². The van der Waals surface area contributed by atoms with Crippen molar-refractivity contribution in [1.82, 2.24) is 0 Å². The molecule has 2 aromatic rings. The zero-order chi connectivity index (χ0) is 10.2. The quantitative estimate of drug-likeness (QED) is 0.503. The van der Waals surface area contributed by atoms with E-state index in [1.54, 1.807) is 0 Å². The predicted octanol–water partition coefficient (Wildman–Crippen LogP) is 3.45. The Morgan fingerprint density at radius 1 is 1.23 bits per heavy atom. The van der Waals surface area contributed by atoms with Gasteiger partial charge in [-0.1, -0.05) is 0 Å². The van der Waals surface area contributed by atoms with Crippen molar-refractivity contribution in [3.05, 3.63) is 66.7 Å². The van der Waals surface area contributed by atoms with E-state index in [0.717, 1.165) is 5.56 Å². The molecule has 0 unspecified atom stereocenters. The van der Waals surface area contributed by atoms with Crippen molar-refractivity contribution >= 4 is 6.08 Å². The largest absolute Gasteiger partial charge is 2.00 e. The number of hydrogen-bond donors (Lipinski definition) is 0. The molecule has 13 heavy (non-hydrogen) atoms. The van der Waals surface area contributed by atoms with Crippen LogP contribution >= 0.6 is 0 Å². The molecule has 0 fully saturated rings. The van der Waals surface area contributed by atoms with Crippen LogP contribution in [0.25, 0.3) is 6.08 Å². The second-order valence-electron chi connectivity index (χ2n) is 2.32. The van der Waals surface area contributed by atoms with Crippen LogP contribution in [0, 0.1) is 0 Å². The minimum Gasteiger partial charge on any atom is -0.214 e. The van der Waals surface area contributed by atoms with Crippen LogP contribution in [-0.2, 0) is 17.1 Å². The van der Waals surface area contributed by atoms with Gasteiger partial charge in [0, 0.05) is 2.74 Å². The predicted molar refractivity (Wildman–Crippen MR) is 54.2 cm³/mol. The Morgan fingerprint density at radius 2 is 2.00 bits per heavy atom. The van der Waals surface area contributed by atoms with E-state index in [0.29, 0.717) is 0 Å². The van der Waals surface area contributed by atoms with E-state index in [9.17, 15) is 0 Å². The van der Waals surface area contributed by atoms with Gasteiger partial charge < -0.3 is 0 Å². The summed E-state index contributed by atoms with van der Waals surface area (Å²) in [5.41, 5.74) is 0.926. The Hall–Kier alpha value is -1.04. The first kappa shape index (κ1) is 8.55. The molecule has 0 aliphatic carbocycles. The maximum Gasteiger partial charge on any atom is 2.00 e. The number of hydrogen-bond acceptors (Lipinski definition) is 0. The Labute approximate surface area is 92.9 Å². The summed E-state index contributed by atoms with van der Waals surface area (Å²) in [6, 6.07) is 17.5. The summed E-state index contributed by atoms with van der Waals surface area (Å²) in [6.45, 7) is -0.152. The summed E-state index contributed by atoms with van der Waals surface area (Å²) in [5, 5.41) is 0. The van der Waals surface area contributed by atoms with Crippen molar-refractivity contribution in [2.45, 2.75) is 0 Å². The van der Waals surface area contributed by atoms with E-state index >= 15 is 0 Å². The first-order valence-corrected chi connectivity index (χ1v) is 3.82. The fourth-order valence-electron chi connectivity index (χ4n) is 0.806. The van der Waals surface area contributed by atoms with Gasteiger partial charge in [-0.15, -0.1) is 18.7 Å². The first-order valence-electron chi connectivity index (χ1n) is 4.82. The van der Waals surface area contributed by atoms with Crippen LogP contribution in [0.1, 0.15) is 8.30 Å². The SMILES string of the molecule is [2H]C([2H])=Cc1ccc[cH-]1.[Fe+2].c1cc[cH-]c1. The minimum atomic E-state index is -0.152. The molecule has 0 N–H and O–H groups in total. The van der Waals surface area contributed by atoms with Crippen LogP contribution in [0.4, 0.5) is 0 Å². The van der Waals surface area contributed by atoms with E-state index in [1.807, 2.05) is 54.6 Å². The molecule has 0 spiro atoms. The maximum absolute atomic E-state index is 6.78. The summed E-state index contributed by atoms with van der Waals surface area (Å²) in [6.07, 6.45) is 1.50. The molecular weight excluding hydrogens is 200 g/mol. The van der Waals surface area contributed by atoms with Gasteiger partial charge in [-0.25, -0.2) is 12.1 Å². The molecule has 0 saturated carbocycles. The third-order valence-corrected chi connectivity index (χ3v) is 1.41. The van der Waals surface area contributed by atoms with Crippen LogP contribution in [0.2, 0.25) is 0 Å². The molecular formula is C12H12Fe. The maximum atomic E-state index is 6.78. The third-order valence-electron chi connectivity index (χ3n) is 1.41. The van der Waals surface area contributed by atoms with Gasteiger partial charge in [0.1, 0.15) is 0 Å². The van der Waals surface area contributed by atoms with Gasteiger partial charge in [0.05, 0.1) is 0 Å². The molecule has 0 saturated heterocycles. The van der Waals surface area contributed by atoms with Gasteiger partial charge in [-0.05, 0) is 0 Å². The second kappa shape index (κ2) is 7.60. The molecule has 2 aromatic carbocycles. The molecule has 0 heterocycles. The summed E-state index contributed by atoms with van der Waals surface area (Å²) < 4.78 is 13.6. The van der Waals surface area contributed by atoms with Crippen molar-refractivity contribution in [2.24, 2.45) is 0 Å². The van der Waals surface area contributed by atoms with E-state index in [4.69, 9.17) is 2.74 Å². The fraction of sp³-hybridized carbons (Fsp3) is 0. The summed E-state index contributed by atoms with van der Waals surface area (Å²) in [7, 11) is 0. The molecule has 0 amide bonds. The van der Waals surface area contributed by atoms with Crippen LogP contribution in [0.3, 0.4) is 0 Å². The topological polar surface area (TPSA) is 0 Å². The minimum absolute atomic E-state index is 0. The smallest absolute Gasteiger partial charge is 0.214 e. The Morgan fingerprint density at radius 3 is 2.38 bits per heavy atom. The third kappa shape index (κ3) is 5.24. The Bertz CT molecular complexity index is 326. The summed E-state index contributed by atoms with van der Waals surface area (Å²) in [5.74, 6) is 0. The normalized spacial score (nSPS) is 9.54. The van der Waals surface area contributed by atoms with Gasteiger partial charge in [-0.2, -0.15) is 42.0 Å². The average Bonchev–Trinajstić information content (AvgIpc) is 2.75. The van der Waals surface area contributed by atoms with E-state index < -0.39 is 0 Å². The fourth-order valence-corrected chi connectivity index (χ4v) is 0.806. The number of rotatable bonds is 1. The molecule has 68 valence electrons. The monoisotopic (exact) mass is 214 g/mol. The molecule has 0 radical (unpaired) electrons. The van der Waals surface area contributed by atoms with Gasteiger partial charge in [0.2, 0.25) is 0 Å². The molecule has 0 bridgehead atoms. The first-order chi connectivity index (χ1) is 6.79. The van der Waals surface area contributed by atoms with E-state index in [1.165, 1.54) is 6.08 Å².